The molecule has 1 heterocycles. The van der Waals surface area contributed by atoms with E-state index in [0.29, 0.717) is 5.75 Å². The second-order valence-corrected chi connectivity index (χ2v) is 7.01. The Hall–Kier alpha value is -2.40. The number of hydrogen-bond donors (Lipinski definition) is 1. The number of nitrogens with one attached hydrogen (secondary N) is 1. The van der Waals surface area contributed by atoms with Crippen LogP contribution in [0.2, 0.25) is 0 Å². The maximum atomic E-state index is 12.2. The fraction of sp³-hybridized carbons (Fsp3) is 0.333. The molecule has 1 aliphatic heterocycles. The van der Waals surface area contributed by atoms with Crippen molar-refractivity contribution in [1.29, 1.82) is 0 Å². The van der Waals surface area contributed by atoms with Crippen molar-refractivity contribution in [3.05, 3.63) is 59.2 Å². The molecule has 0 bridgehead atoms. The summed E-state index contributed by atoms with van der Waals surface area (Å²) in [4.78, 5) is 15.3. The smallest absolute Gasteiger partial charge is 0.262 e. The van der Waals surface area contributed by atoms with Gasteiger partial charge in [-0.15, -0.1) is 0 Å². The Labute approximate surface area is 160 Å². The molecular formula is C21H24N2O2S. The Morgan fingerprint density at radius 3 is 2.31 bits per heavy atom. The molecule has 1 amide bonds. The van der Waals surface area contributed by atoms with Gasteiger partial charge in [-0.25, -0.2) is 0 Å². The second-order valence-electron chi connectivity index (χ2n) is 6.63. The van der Waals surface area contributed by atoms with E-state index in [2.05, 4.69) is 10.2 Å². The van der Waals surface area contributed by atoms with Gasteiger partial charge < -0.3 is 15.0 Å². The number of carbonyl (C=O) groups excluding carboxylic acids is 1. The third-order valence-corrected chi connectivity index (χ3v) is 5.10. The van der Waals surface area contributed by atoms with E-state index in [9.17, 15) is 4.79 Å². The van der Waals surface area contributed by atoms with Crippen molar-refractivity contribution in [3.8, 4) is 5.75 Å². The molecule has 3 rings (SSSR count). The van der Waals surface area contributed by atoms with Crippen LogP contribution < -0.4 is 10.1 Å². The summed E-state index contributed by atoms with van der Waals surface area (Å²) in [5.41, 5.74) is 3.96. The largest absolute Gasteiger partial charge is 0.484 e. The van der Waals surface area contributed by atoms with Crippen LogP contribution in [0, 0.1) is 13.8 Å². The number of aryl methyl sites for hydroxylation is 2. The zero-order chi connectivity index (χ0) is 18.5. The van der Waals surface area contributed by atoms with Crippen LogP contribution in [0.5, 0.6) is 5.75 Å². The number of rotatable bonds is 5. The van der Waals surface area contributed by atoms with Gasteiger partial charge in [-0.1, -0.05) is 30.4 Å². The zero-order valence-electron chi connectivity index (χ0n) is 15.2. The minimum absolute atomic E-state index is 0.0241. The molecule has 1 aliphatic rings. The predicted octanol–water partition coefficient (Wildman–Crippen LogP) is 4.09. The first-order valence-electron chi connectivity index (χ1n) is 8.93. The van der Waals surface area contributed by atoms with Gasteiger partial charge in [0, 0.05) is 24.3 Å². The van der Waals surface area contributed by atoms with Crippen LogP contribution in [0.3, 0.4) is 0 Å². The summed E-state index contributed by atoms with van der Waals surface area (Å²) in [7, 11) is 0. The van der Waals surface area contributed by atoms with Crippen LogP contribution >= 0.6 is 12.2 Å². The topological polar surface area (TPSA) is 41.6 Å². The van der Waals surface area contributed by atoms with Crippen LogP contribution in [0.4, 0.5) is 5.69 Å². The molecule has 0 aromatic heterocycles. The van der Waals surface area contributed by atoms with E-state index in [-0.39, 0.29) is 12.5 Å². The van der Waals surface area contributed by atoms with Gasteiger partial charge >= 0.3 is 0 Å². The summed E-state index contributed by atoms with van der Waals surface area (Å²) in [5, 5.41) is 2.92. The van der Waals surface area contributed by atoms with Gasteiger partial charge in [0.1, 0.15) is 10.7 Å². The minimum atomic E-state index is -0.168. The molecule has 2 aromatic carbocycles. The highest BCUT2D eigenvalue weighted by Gasteiger charge is 2.16. The quantitative estimate of drug-likeness (QED) is 0.807. The van der Waals surface area contributed by atoms with E-state index in [1.165, 1.54) is 12.8 Å². The first kappa shape index (κ1) is 18.4. The summed E-state index contributed by atoms with van der Waals surface area (Å²) in [5.74, 6) is 0.494. The van der Waals surface area contributed by atoms with Crippen molar-refractivity contribution in [3.63, 3.8) is 0 Å². The maximum absolute atomic E-state index is 12.2. The number of ether oxygens (including phenoxy) is 1. The number of para-hydroxylation sites is 1. The van der Waals surface area contributed by atoms with Crippen molar-refractivity contribution in [2.24, 2.45) is 0 Å². The van der Waals surface area contributed by atoms with Gasteiger partial charge in [0.2, 0.25) is 0 Å². The molecular weight excluding hydrogens is 344 g/mol. The lowest BCUT2D eigenvalue weighted by Crippen LogP contribution is -2.26. The minimum Gasteiger partial charge on any atom is -0.484 e. The summed E-state index contributed by atoms with van der Waals surface area (Å²) in [6, 6.07) is 13.6. The molecule has 0 saturated carbocycles. The van der Waals surface area contributed by atoms with Crippen LogP contribution in [-0.2, 0) is 4.79 Å². The standard InChI is InChI=1S/C21H24N2O2S/c1-15-6-5-7-16(2)20(15)22-19(24)14-25-18-10-8-17(9-11-18)21(26)23-12-3-4-13-23/h5-11H,3-4,12-14H2,1-2H3,(H,22,24). The van der Waals surface area contributed by atoms with Crippen molar-refractivity contribution in [2.75, 3.05) is 25.0 Å². The van der Waals surface area contributed by atoms with Gasteiger partial charge in [-0.3, -0.25) is 4.79 Å². The molecule has 1 N–H and O–H groups in total. The molecule has 26 heavy (non-hydrogen) atoms. The third kappa shape index (κ3) is 4.41. The number of carbonyl (C=O) groups is 1. The molecule has 0 spiro atoms. The van der Waals surface area contributed by atoms with Crippen LogP contribution in [0.25, 0.3) is 0 Å². The number of anilines is 1. The highest BCUT2D eigenvalue weighted by molar-refractivity contribution is 7.80. The molecule has 4 nitrogen and oxygen atoms in total. The number of thiocarbonyl (C=S) groups is 1. The fourth-order valence-corrected chi connectivity index (χ4v) is 3.45. The lowest BCUT2D eigenvalue weighted by molar-refractivity contribution is -0.118. The third-order valence-electron chi connectivity index (χ3n) is 4.61. The van der Waals surface area contributed by atoms with Gasteiger partial charge in [-0.05, 0) is 62.1 Å². The molecule has 1 fully saturated rings. The first-order chi connectivity index (χ1) is 12.5. The average molecular weight is 369 g/mol. The number of amides is 1. The highest BCUT2D eigenvalue weighted by atomic mass is 32.1. The number of benzene rings is 2. The van der Waals surface area contributed by atoms with E-state index in [1.807, 2.05) is 56.3 Å². The SMILES string of the molecule is Cc1cccc(C)c1NC(=O)COc1ccc(C(=S)N2CCCC2)cc1. The summed E-state index contributed by atoms with van der Waals surface area (Å²) in [6.45, 7) is 6.01. The van der Waals surface area contributed by atoms with Gasteiger partial charge in [0.25, 0.3) is 5.91 Å². The van der Waals surface area contributed by atoms with Crippen molar-refractivity contribution in [1.82, 2.24) is 4.90 Å². The molecule has 136 valence electrons. The Morgan fingerprint density at radius 2 is 1.69 bits per heavy atom. The van der Waals surface area contributed by atoms with Crippen LogP contribution in [0.1, 0.15) is 29.5 Å². The maximum Gasteiger partial charge on any atom is 0.262 e. The van der Waals surface area contributed by atoms with Gasteiger partial charge in [-0.2, -0.15) is 0 Å². The second kappa shape index (κ2) is 8.32. The van der Waals surface area contributed by atoms with Crippen molar-refractivity contribution >= 4 is 28.8 Å². The van der Waals surface area contributed by atoms with E-state index >= 15 is 0 Å². The molecule has 0 aliphatic carbocycles. The zero-order valence-corrected chi connectivity index (χ0v) is 16.1. The Morgan fingerprint density at radius 1 is 1.08 bits per heavy atom. The first-order valence-corrected chi connectivity index (χ1v) is 9.33. The molecule has 0 unspecified atom stereocenters. The predicted molar refractivity (Wildman–Crippen MR) is 109 cm³/mol. The van der Waals surface area contributed by atoms with E-state index in [4.69, 9.17) is 17.0 Å². The molecule has 0 radical (unpaired) electrons. The summed E-state index contributed by atoms with van der Waals surface area (Å²) in [6.07, 6.45) is 2.41. The Kier molecular flexibility index (Phi) is 5.89. The van der Waals surface area contributed by atoms with Crippen molar-refractivity contribution in [2.45, 2.75) is 26.7 Å². The van der Waals surface area contributed by atoms with Crippen molar-refractivity contribution < 1.29 is 9.53 Å². The van der Waals surface area contributed by atoms with Gasteiger partial charge in [0.15, 0.2) is 6.61 Å². The van der Waals surface area contributed by atoms with Crippen LogP contribution in [-0.4, -0.2) is 35.5 Å². The number of hydrogen-bond acceptors (Lipinski definition) is 3. The molecule has 1 saturated heterocycles. The molecule has 0 atom stereocenters. The molecule has 5 heteroatoms. The lowest BCUT2D eigenvalue weighted by atomic mass is 10.1. The summed E-state index contributed by atoms with van der Waals surface area (Å²) < 4.78 is 5.61. The van der Waals surface area contributed by atoms with E-state index < -0.39 is 0 Å². The summed E-state index contributed by atoms with van der Waals surface area (Å²) >= 11 is 5.55. The Balaban J connectivity index is 1.54. The van der Waals surface area contributed by atoms with E-state index in [0.717, 1.165) is 40.5 Å². The fourth-order valence-electron chi connectivity index (χ4n) is 3.13. The van der Waals surface area contributed by atoms with Crippen LogP contribution in [0.15, 0.2) is 42.5 Å². The lowest BCUT2D eigenvalue weighted by Gasteiger charge is -2.18. The monoisotopic (exact) mass is 368 g/mol. The molecule has 2 aromatic rings. The normalized spacial score (nSPS) is 13.5. The van der Waals surface area contributed by atoms with Gasteiger partial charge in [0.05, 0.1) is 0 Å². The average Bonchev–Trinajstić information content (AvgIpc) is 3.18. The number of nitrogens with zero attached hydrogens (tertiary/aromatic N) is 1. The number of likely N-dealkylation sites (tertiary alicyclic amines) is 1. The Bertz CT molecular complexity index is 776. The van der Waals surface area contributed by atoms with E-state index in [1.54, 1.807) is 0 Å². The highest BCUT2D eigenvalue weighted by Crippen LogP contribution is 2.20.